The largest absolute Gasteiger partial charge is 0.370 e. The Balaban J connectivity index is 2.24. The van der Waals surface area contributed by atoms with Gasteiger partial charge in [0.1, 0.15) is 6.10 Å². The third-order valence-corrected chi connectivity index (χ3v) is 3.70. The highest BCUT2D eigenvalue weighted by molar-refractivity contribution is 5.30. The maximum Gasteiger partial charge on any atom is 0.100 e. The first kappa shape index (κ1) is 13.6. The molecule has 1 fully saturated rings. The zero-order valence-corrected chi connectivity index (χ0v) is 12.2. The molecule has 1 saturated heterocycles. The highest BCUT2D eigenvalue weighted by Gasteiger charge is 2.34. The van der Waals surface area contributed by atoms with Crippen LogP contribution in [0.3, 0.4) is 0 Å². The molecule has 1 aliphatic rings. The Hall–Kier alpha value is -0.860. The van der Waals surface area contributed by atoms with E-state index in [4.69, 9.17) is 4.74 Å². The van der Waals surface area contributed by atoms with E-state index in [0.29, 0.717) is 0 Å². The Labute approximate surface area is 111 Å². The van der Waals surface area contributed by atoms with Gasteiger partial charge in [0, 0.05) is 12.1 Å². The molecule has 0 saturated carbocycles. The van der Waals surface area contributed by atoms with Crippen LogP contribution in [-0.2, 0) is 10.2 Å². The van der Waals surface area contributed by atoms with Crippen LogP contribution in [0.1, 0.15) is 51.8 Å². The second-order valence-corrected chi connectivity index (χ2v) is 6.77. The minimum absolute atomic E-state index is 0.00149. The molecule has 0 aromatic heterocycles. The van der Waals surface area contributed by atoms with Crippen LogP contribution in [0.2, 0.25) is 0 Å². The molecule has 1 aliphatic heterocycles. The summed E-state index contributed by atoms with van der Waals surface area (Å²) in [7, 11) is 0. The lowest BCUT2D eigenvalue weighted by molar-refractivity contribution is -0.0388. The lowest BCUT2D eigenvalue weighted by Gasteiger charge is -2.40. The number of nitrogens with one attached hydrogen (secondary N) is 1. The standard InChI is InChI=1S/C16H25NO/c1-15(2,3)13-8-6-12(7-9-13)14-16(4,5)17-10-11-18-14/h6-9,14,17H,10-11H2,1-5H3. The van der Waals surface area contributed by atoms with Gasteiger partial charge in [0.15, 0.2) is 0 Å². The van der Waals surface area contributed by atoms with Gasteiger partial charge in [0.25, 0.3) is 0 Å². The molecule has 0 radical (unpaired) electrons. The van der Waals surface area contributed by atoms with E-state index in [1.807, 2.05) is 0 Å². The molecule has 0 aliphatic carbocycles. The van der Waals surface area contributed by atoms with Gasteiger partial charge in [-0.15, -0.1) is 0 Å². The third-order valence-electron chi connectivity index (χ3n) is 3.70. The van der Waals surface area contributed by atoms with Crippen molar-refractivity contribution in [3.05, 3.63) is 35.4 Å². The van der Waals surface area contributed by atoms with E-state index in [9.17, 15) is 0 Å². The summed E-state index contributed by atoms with van der Waals surface area (Å²) < 4.78 is 5.94. The monoisotopic (exact) mass is 247 g/mol. The van der Waals surface area contributed by atoms with E-state index in [0.717, 1.165) is 13.2 Å². The van der Waals surface area contributed by atoms with Crippen molar-refractivity contribution in [2.75, 3.05) is 13.2 Å². The Kier molecular flexibility index (Phi) is 3.52. The quantitative estimate of drug-likeness (QED) is 0.821. The van der Waals surface area contributed by atoms with Crippen LogP contribution in [0.25, 0.3) is 0 Å². The molecule has 1 unspecified atom stereocenters. The van der Waals surface area contributed by atoms with Crippen molar-refractivity contribution in [3.63, 3.8) is 0 Å². The fraction of sp³-hybridized carbons (Fsp3) is 0.625. The lowest BCUT2D eigenvalue weighted by atomic mass is 9.84. The minimum atomic E-state index is 0.00149. The maximum atomic E-state index is 5.94. The first-order chi connectivity index (χ1) is 8.31. The molecule has 100 valence electrons. The van der Waals surface area contributed by atoms with Gasteiger partial charge in [-0.1, -0.05) is 45.0 Å². The molecule has 18 heavy (non-hydrogen) atoms. The fourth-order valence-electron chi connectivity index (χ4n) is 2.52. The third kappa shape index (κ3) is 2.76. The van der Waals surface area contributed by atoms with Gasteiger partial charge < -0.3 is 10.1 Å². The van der Waals surface area contributed by atoms with Crippen LogP contribution < -0.4 is 5.32 Å². The molecule has 1 aromatic rings. The smallest absolute Gasteiger partial charge is 0.100 e. The number of hydrogen-bond donors (Lipinski definition) is 1. The zero-order chi connectivity index (χ0) is 13.4. The van der Waals surface area contributed by atoms with Crippen molar-refractivity contribution in [2.24, 2.45) is 0 Å². The molecule has 0 spiro atoms. The van der Waals surface area contributed by atoms with E-state index in [1.54, 1.807) is 0 Å². The summed E-state index contributed by atoms with van der Waals surface area (Å²) in [5.41, 5.74) is 2.84. The van der Waals surface area contributed by atoms with Crippen molar-refractivity contribution in [3.8, 4) is 0 Å². The molecular formula is C16H25NO. The number of morpholine rings is 1. The summed E-state index contributed by atoms with van der Waals surface area (Å²) in [6, 6.07) is 8.87. The van der Waals surface area contributed by atoms with E-state index in [2.05, 4.69) is 64.2 Å². The Bertz CT molecular complexity index is 400. The van der Waals surface area contributed by atoms with Crippen LogP contribution >= 0.6 is 0 Å². The number of ether oxygens (including phenoxy) is 1. The Morgan fingerprint density at radius 3 is 2.28 bits per heavy atom. The van der Waals surface area contributed by atoms with E-state index >= 15 is 0 Å². The SMILES string of the molecule is CC(C)(C)c1ccc(C2OCCNC2(C)C)cc1. The Morgan fingerprint density at radius 2 is 1.78 bits per heavy atom. The van der Waals surface area contributed by atoms with Gasteiger partial charge in [0.2, 0.25) is 0 Å². The number of rotatable bonds is 1. The second kappa shape index (κ2) is 4.67. The number of hydrogen-bond acceptors (Lipinski definition) is 2. The highest BCUT2D eigenvalue weighted by Crippen LogP contribution is 2.32. The second-order valence-electron chi connectivity index (χ2n) is 6.77. The van der Waals surface area contributed by atoms with Gasteiger partial charge in [-0.2, -0.15) is 0 Å². The number of benzene rings is 1. The summed E-state index contributed by atoms with van der Waals surface area (Å²) in [5.74, 6) is 0. The topological polar surface area (TPSA) is 21.3 Å². The average molecular weight is 247 g/mol. The molecule has 2 heteroatoms. The van der Waals surface area contributed by atoms with Gasteiger partial charge in [0.05, 0.1) is 6.61 Å². The van der Waals surface area contributed by atoms with Crippen molar-refractivity contribution in [1.29, 1.82) is 0 Å². The van der Waals surface area contributed by atoms with Crippen LogP contribution in [0.4, 0.5) is 0 Å². The van der Waals surface area contributed by atoms with Crippen LogP contribution in [0, 0.1) is 0 Å². The average Bonchev–Trinajstić information content (AvgIpc) is 2.27. The normalized spacial score (nSPS) is 23.9. The summed E-state index contributed by atoms with van der Waals surface area (Å²) in [6.45, 7) is 12.8. The zero-order valence-electron chi connectivity index (χ0n) is 12.2. The van der Waals surface area contributed by atoms with E-state index < -0.39 is 0 Å². The van der Waals surface area contributed by atoms with Crippen LogP contribution in [-0.4, -0.2) is 18.7 Å². The maximum absolute atomic E-state index is 5.94. The van der Waals surface area contributed by atoms with Gasteiger partial charge >= 0.3 is 0 Å². The predicted octanol–water partition coefficient (Wildman–Crippen LogP) is 3.42. The van der Waals surface area contributed by atoms with E-state index in [1.165, 1.54) is 11.1 Å². The molecule has 2 nitrogen and oxygen atoms in total. The van der Waals surface area contributed by atoms with Gasteiger partial charge in [-0.25, -0.2) is 0 Å². The van der Waals surface area contributed by atoms with Crippen molar-refractivity contribution in [1.82, 2.24) is 5.32 Å². The molecule has 0 bridgehead atoms. The van der Waals surface area contributed by atoms with Crippen molar-refractivity contribution >= 4 is 0 Å². The van der Waals surface area contributed by atoms with Crippen molar-refractivity contribution in [2.45, 2.75) is 51.7 Å². The molecular weight excluding hydrogens is 222 g/mol. The fourth-order valence-corrected chi connectivity index (χ4v) is 2.52. The Morgan fingerprint density at radius 1 is 1.17 bits per heavy atom. The summed E-state index contributed by atoms with van der Waals surface area (Å²) >= 11 is 0. The molecule has 2 rings (SSSR count). The van der Waals surface area contributed by atoms with Gasteiger partial charge in [-0.05, 0) is 30.4 Å². The van der Waals surface area contributed by atoms with Crippen LogP contribution in [0.15, 0.2) is 24.3 Å². The summed E-state index contributed by atoms with van der Waals surface area (Å²) in [6.07, 6.45) is 0.139. The predicted molar refractivity (Wildman–Crippen MR) is 75.9 cm³/mol. The van der Waals surface area contributed by atoms with Gasteiger partial charge in [-0.3, -0.25) is 0 Å². The molecule has 0 amide bonds. The van der Waals surface area contributed by atoms with Crippen LogP contribution in [0.5, 0.6) is 0 Å². The lowest BCUT2D eigenvalue weighted by Crippen LogP contribution is -2.51. The first-order valence-electron chi connectivity index (χ1n) is 6.78. The molecule has 1 N–H and O–H groups in total. The molecule has 1 aromatic carbocycles. The first-order valence-corrected chi connectivity index (χ1v) is 6.78. The molecule has 1 atom stereocenters. The molecule has 1 heterocycles. The van der Waals surface area contributed by atoms with Crippen molar-refractivity contribution < 1.29 is 4.74 Å². The van der Waals surface area contributed by atoms with E-state index in [-0.39, 0.29) is 17.1 Å². The summed E-state index contributed by atoms with van der Waals surface area (Å²) in [4.78, 5) is 0. The summed E-state index contributed by atoms with van der Waals surface area (Å²) in [5, 5.41) is 3.53. The minimum Gasteiger partial charge on any atom is -0.370 e. The highest BCUT2D eigenvalue weighted by atomic mass is 16.5.